The van der Waals surface area contributed by atoms with Gasteiger partial charge in [0.2, 0.25) is 0 Å². The topological polar surface area (TPSA) is 4.93 Å². The second kappa shape index (κ2) is 4.22. The highest BCUT2D eigenvalue weighted by Crippen LogP contribution is 2.13. The molecular formula is C10H19N. The molecular weight excluding hydrogens is 134 g/mol. The van der Waals surface area contributed by atoms with Crippen LogP contribution in [0.3, 0.4) is 0 Å². The molecule has 0 radical (unpaired) electrons. The van der Waals surface area contributed by atoms with Crippen LogP contribution in [0.25, 0.3) is 0 Å². The van der Waals surface area contributed by atoms with Crippen molar-refractivity contribution in [3.05, 3.63) is 24.0 Å². The molecule has 0 unspecified atom stereocenters. The number of aromatic nitrogens is 1. The van der Waals surface area contributed by atoms with E-state index in [0.717, 1.165) is 6.54 Å². The number of hydrogen-bond acceptors (Lipinski definition) is 0. The molecule has 0 fully saturated rings. The zero-order chi connectivity index (χ0) is 7.56. The Hall–Kier alpha value is -0.720. The first-order chi connectivity index (χ1) is 4.74. The largest absolute Gasteiger partial charge is 0.354 e. The molecule has 0 aliphatic heterocycles. The van der Waals surface area contributed by atoms with Crippen molar-refractivity contribution in [2.75, 3.05) is 0 Å². The van der Waals surface area contributed by atoms with Crippen LogP contribution in [0.5, 0.6) is 0 Å². The maximum Gasteiger partial charge on any atom is 0.0191 e. The maximum absolute atomic E-state index is 2.22. The predicted molar refractivity (Wildman–Crippen MR) is 50.9 cm³/mol. The van der Waals surface area contributed by atoms with E-state index in [1.165, 1.54) is 5.56 Å². The lowest BCUT2D eigenvalue weighted by Crippen LogP contribution is -1.88. The molecule has 0 saturated carbocycles. The summed E-state index contributed by atoms with van der Waals surface area (Å²) in [5.41, 5.74) is 1.43. The van der Waals surface area contributed by atoms with Gasteiger partial charge in [0, 0.05) is 18.9 Å². The van der Waals surface area contributed by atoms with E-state index in [9.17, 15) is 0 Å². The number of hydrogen-bond donors (Lipinski definition) is 0. The zero-order valence-electron chi connectivity index (χ0n) is 6.96. The van der Waals surface area contributed by atoms with Gasteiger partial charge in [-0.15, -0.1) is 0 Å². The van der Waals surface area contributed by atoms with E-state index in [2.05, 4.69) is 43.8 Å². The molecule has 1 aromatic heterocycles. The molecule has 0 aromatic carbocycles. The third kappa shape index (κ3) is 2.41. The third-order valence-electron chi connectivity index (χ3n) is 1.81. The standard InChI is InChI=1S/C9H15N.CH4/c1-4-10-6-5-9(7-10)8(2)3;/h5-8H,4H2,1-3H3;1H4. The van der Waals surface area contributed by atoms with Gasteiger partial charge in [-0.3, -0.25) is 0 Å². The van der Waals surface area contributed by atoms with Gasteiger partial charge >= 0.3 is 0 Å². The van der Waals surface area contributed by atoms with Gasteiger partial charge in [-0.05, 0) is 24.5 Å². The summed E-state index contributed by atoms with van der Waals surface area (Å²) in [5.74, 6) is 0.660. The highest BCUT2D eigenvalue weighted by molar-refractivity contribution is 5.13. The smallest absolute Gasteiger partial charge is 0.0191 e. The van der Waals surface area contributed by atoms with Crippen LogP contribution in [0, 0.1) is 0 Å². The van der Waals surface area contributed by atoms with Crippen molar-refractivity contribution in [2.24, 2.45) is 0 Å². The van der Waals surface area contributed by atoms with E-state index in [1.54, 1.807) is 0 Å². The second-order valence-electron chi connectivity index (χ2n) is 2.93. The maximum atomic E-state index is 2.22. The van der Waals surface area contributed by atoms with Crippen LogP contribution < -0.4 is 0 Å². The summed E-state index contributed by atoms with van der Waals surface area (Å²) in [7, 11) is 0. The van der Waals surface area contributed by atoms with E-state index in [4.69, 9.17) is 0 Å². The fourth-order valence-electron chi connectivity index (χ4n) is 0.998. The van der Waals surface area contributed by atoms with Crippen LogP contribution in [0.15, 0.2) is 18.5 Å². The van der Waals surface area contributed by atoms with Crippen molar-refractivity contribution in [1.29, 1.82) is 0 Å². The average Bonchev–Trinajstić information content (AvgIpc) is 2.34. The number of nitrogens with zero attached hydrogens (tertiary/aromatic N) is 1. The lowest BCUT2D eigenvalue weighted by molar-refractivity contribution is 0.758. The van der Waals surface area contributed by atoms with Crippen molar-refractivity contribution in [1.82, 2.24) is 4.57 Å². The molecule has 1 rings (SSSR count). The van der Waals surface area contributed by atoms with Gasteiger partial charge in [0.25, 0.3) is 0 Å². The van der Waals surface area contributed by atoms with Crippen LogP contribution >= 0.6 is 0 Å². The van der Waals surface area contributed by atoms with E-state index < -0.39 is 0 Å². The average molecular weight is 153 g/mol. The molecule has 1 nitrogen and oxygen atoms in total. The zero-order valence-corrected chi connectivity index (χ0v) is 6.96. The van der Waals surface area contributed by atoms with Gasteiger partial charge in [-0.25, -0.2) is 0 Å². The molecule has 1 heterocycles. The molecule has 0 aliphatic rings. The molecule has 0 N–H and O–H groups in total. The van der Waals surface area contributed by atoms with Crippen molar-refractivity contribution >= 4 is 0 Å². The molecule has 64 valence electrons. The van der Waals surface area contributed by atoms with E-state index >= 15 is 0 Å². The summed E-state index contributed by atoms with van der Waals surface area (Å²) in [6.45, 7) is 7.67. The van der Waals surface area contributed by atoms with Crippen LogP contribution in [-0.2, 0) is 6.54 Å². The minimum atomic E-state index is 0. The molecule has 1 heteroatoms. The normalized spacial score (nSPS) is 9.82. The Morgan fingerprint density at radius 2 is 2.09 bits per heavy atom. The van der Waals surface area contributed by atoms with Crippen molar-refractivity contribution < 1.29 is 0 Å². The van der Waals surface area contributed by atoms with Gasteiger partial charge < -0.3 is 4.57 Å². The summed E-state index contributed by atoms with van der Waals surface area (Å²) in [5, 5.41) is 0. The molecule has 11 heavy (non-hydrogen) atoms. The van der Waals surface area contributed by atoms with Crippen molar-refractivity contribution in [2.45, 2.75) is 40.7 Å². The molecule has 0 spiro atoms. The summed E-state index contributed by atoms with van der Waals surface area (Å²) >= 11 is 0. The third-order valence-corrected chi connectivity index (χ3v) is 1.81. The first-order valence-corrected chi connectivity index (χ1v) is 3.89. The first-order valence-electron chi connectivity index (χ1n) is 3.89. The van der Waals surface area contributed by atoms with E-state index in [-0.39, 0.29) is 7.43 Å². The number of aryl methyl sites for hydroxylation is 1. The Morgan fingerprint density at radius 1 is 1.45 bits per heavy atom. The molecule has 1 aromatic rings. The fourth-order valence-corrected chi connectivity index (χ4v) is 0.998. The second-order valence-corrected chi connectivity index (χ2v) is 2.93. The highest BCUT2D eigenvalue weighted by Gasteiger charge is 1.98. The van der Waals surface area contributed by atoms with Gasteiger partial charge in [0.1, 0.15) is 0 Å². The summed E-state index contributed by atoms with van der Waals surface area (Å²) in [4.78, 5) is 0. The van der Waals surface area contributed by atoms with Gasteiger partial charge in [-0.2, -0.15) is 0 Å². The van der Waals surface area contributed by atoms with Crippen molar-refractivity contribution in [3.63, 3.8) is 0 Å². The van der Waals surface area contributed by atoms with E-state index in [1.807, 2.05) is 0 Å². The van der Waals surface area contributed by atoms with Gasteiger partial charge in [0.05, 0.1) is 0 Å². The van der Waals surface area contributed by atoms with E-state index in [0.29, 0.717) is 5.92 Å². The lowest BCUT2D eigenvalue weighted by atomic mass is 10.1. The SMILES string of the molecule is C.CCn1ccc(C(C)C)c1. The Bertz CT molecular complexity index is 198. The molecule has 0 amide bonds. The predicted octanol–water partition coefficient (Wildman–Crippen LogP) is 3.27. The molecule has 0 saturated heterocycles. The Labute approximate surface area is 70.0 Å². The van der Waals surface area contributed by atoms with Gasteiger partial charge in [-0.1, -0.05) is 21.3 Å². The van der Waals surface area contributed by atoms with Crippen LogP contribution in [0.4, 0.5) is 0 Å². The Balaban J connectivity index is 0.000001000. The van der Waals surface area contributed by atoms with Gasteiger partial charge in [0.15, 0.2) is 0 Å². The Morgan fingerprint density at radius 3 is 2.36 bits per heavy atom. The van der Waals surface area contributed by atoms with Crippen molar-refractivity contribution in [3.8, 4) is 0 Å². The summed E-state index contributed by atoms with van der Waals surface area (Å²) < 4.78 is 2.20. The van der Waals surface area contributed by atoms with Crippen LogP contribution in [0.2, 0.25) is 0 Å². The fraction of sp³-hybridized carbons (Fsp3) is 0.600. The molecule has 0 atom stereocenters. The van der Waals surface area contributed by atoms with Crippen LogP contribution in [-0.4, -0.2) is 4.57 Å². The molecule has 0 aliphatic carbocycles. The highest BCUT2D eigenvalue weighted by atomic mass is 14.9. The molecule has 0 bridgehead atoms. The minimum absolute atomic E-state index is 0. The minimum Gasteiger partial charge on any atom is -0.354 e. The summed E-state index contributed by atoms with van der Waals surface area (Å²) in [6.07, 6.45) is 4.35. The number of rotatable bonds is 2. The van der Waals surface area contributed by atoms with Crippen LogP contribution in [0.1, 0.15) is 39.7 Å². The summed E-state index contributed by atoms with van der Waals surface area (Å²) in [6, 6.07) is 2.19. The lowest BCUT2D eigenvalue weighted by Gasteiger charge is -1.98. The monoisotopic (exact) mass is 153 g/mol. The first kappa shape index (κ1) is 10.3. The quantitative estimate of drug-likeness (QED) is 0.614. The Kier molecular flexibility index (Phi) is 3.94.